The molecule has 0 saturated heterocycles. The minimum atomic E-state index is -0.556. The lowest BCUT2D eigenvalue weighted by atomic mass is 10.1. The van der Waals surface area contributed by atoms with Gasteiger partial charge in [-0.3, -0.25) is 9.59 Å². The van der Waals surface area contributed by atoms with Gasteiger partial charge in [-0.2, -0.15) is 0 Å². The first kappa shape index (κ1) is 27.4. The van der Waals surface area contributed by atoms with E-state index in [1.807, 2.05) is 78.9 Å². The molecule has 1 unspecified atom stereocenters. The van der Waals surface area contributed by atoms with Gasteiger partial charge in [-0.05, 0) is 66.6 Å². The number of rotatable bonds is 10. The third kappa shape index (κ3) is 8.18. The largest absolute Gasteiger partial charge is 0.462 e. The van der Waals surface area contributed by atoms with E-state index in [9.17, 15) is 14.4 Å². The van der Waals surface area contributed by atoms with Crippen LogP contribution in [0.15, 0.2) is 120 Å². The Kier molecular flexibility index (Phi) is 9.69. The van der Waals surface area contributed by atoms with Crippen molar-refractivity contribution >= 4 is 47.0 Å². The molecule has 4 aromatic carbocycles. The number of carbonyl (C=O) groups is 3. The summed E-state index contributed by atoms with van der Waals surface area (Å²) in [5.74, 6) is -0.865. The number of benzene rings is 4. The first-order chi connectivity index (χ1) is 19.0. The third-order valence-corrected chi connectivity index (χ3v) is 6.83. The van der Waals surface area contributed by atoms with Crippen LogP contribution in [0.5, 0.6) is 0 Å². The van der Waals surface area contributed by atoms with Crippen molar-refractivity contribution in [3.63, 3.8) is 0 Å². The van der Waals surface area contributed by atoms with Crippen molar-refractivity contribution in [2.24, 2.45) is 0 Å². The standard InChI is InChI=1S/C32H28N2O4S/c1-2-38-32(37)25-17-19-26(20-18-25)34-31(36)30(24-12-7-4-8-13-24)39-28-15-9-14-27(22-28)33-29(35)21-16-23-10-5-3-6-11-23/h3-22,30H,2H2,1H3,(H,33,35)(H,34,36)/b21-16+. The van der Waals surface area contributed by atoms with E-state index < -0.39 is 11.2 Å². The number of hydrogen-bond donors (Lipinski definition) is 2. The third-order valence-electron chi connectivity index (χ3n) is 5.59. The fraction of sp³-hybridized carbons (Fsp3) is 0.0938. The number of hydrogen-bond acceptors (Lipinski definition) is 5. The highest BCUT2D eigenvalue weighted by Crippen LogP contribution is 2.37. The number of esters is 1. The quantitative estimate of drug-likeness (QED) is 0.130. The van der Waals surface area contributed by atoms with Crippen LogP contribution in [0, 0.1) is 0 Å². The first-order valence-electron chi connectivity index (χ1n) is 12.5. The molecule has 1 atom stereocenters. The van der Waals surface area contributed by atoms with Crippen LogP contribution in [-0.2, 0) is 14.3 Å². The highest BCUT2D eigenvalue weighted by Gasteiger charge is 2.22. The van der Waals surface area contributed by atoms with Crippen molar-refractivity contribution in [1.82, 2.24) is 0 Å². The van der Waals surface area contributed by atoms with Gasteiger partial charge in [-0.1, -0.05) is 66.7 Å². The van der Waals surface area contributed by atoms with Crippen LogP contribution in [0.4, 0.5) is 11.4 Å². The molecule has 4 aromatic rings. The molecule has 0 aliphatic heterocycles. The topological polar surface area (TPSA) is 84.5 Å². The summed E-state index contributed by atoms with van der Waals surface area (Å²) < 4.78 is 5.02. The zero-order valence-electron chi connectivity index (χ0n) is 21.4. The molecule has 0 aromatic heterocycles. The Balaban J connectivity index is 1.47. The lowest BCUT2D eigenvalue weighted by Gasteiger charge is -2.18. The Morgan fingerprint density at radius 2 is 1.49 bits per heavy atom. The summed E-state index contributed by atoms with van der Waals surface area (Å²) in [6.45, 7) is 2.04. The fourth-order valence-corrected chi connectivity index (χ4v) is 4.80. The number of nitrogens with one attached hydrogen (secondary N) is 2. The molecule has 0 radical (unpaired) electrons. The Morgan fingerprint density at radius 3 is 2.18 bits per heavy atom. The minimum absolute atomic E-state index is 0.213. The van der Waals surface area contributed by atoms with E-state index in [1.165, 1.54) is 17.8 Å². The number of thioether (sulfide) groups is 1. The van der Waals surface area contributed by atoms with E-state index in [0.29, 0.717) is 23.5 Å². The maximum atomic E-state index is 13.4. The second kappa shape index (κ2) is 13.8. The highest BCUT2D eigenvalue weighted by atomic mass is 32.2. The van der Waals surface area contributed by atoms with Gasteiger partial charge in [0, 0.05) is 22.3 Å². The molecule has 7 heteroatoms. The van der Waals surface area contributed by atoms with Crippen LogP contribution < -0.4 is 10.6 Å². The van der Waals surface area contributed by atoms with Crippen molar-refractivity contribution < 1.29 is 19.1 Å². The lowest BCUT2D eigenvalue weighted by Crippen LogP contribution is -2.19. The van der Waals surface area contributed by atoms with Gasteiger partial charge in [0.25, 0.3) is 0 Å². The smallest absolute Gasteiger partial charge is 0.338 e. The van der Waals surface area contributed by atoms with Crippen LogP contribution in [0.3, 0.4) is 0 Å². The van der Waals surface area contributed by atoms with Crippen molar-refractivity contribution in [3.05, 3.63) is 132 Å². The van der Waals surface area contributed by atoms with Gasteiger partial charge in [0.15, 0.2) is 0 Å². The summed E-state index contributed by atoms with van der Waals surface area (Å²) in [4.78, 5) is 38.6. The van der Waals surface area contributed by atoms with E-state index >= 15 is 0 Å². The van der Waals surface area contributed by atoms with Crippen molar-refractivity contribution in [1.29, 1.82) is 0 Å². The molecule has 6 nitrogen and oxygen atoms in total. The van der Waals surface area contributed by atoms with Gasteiger partial charge in [0.2, 0.25) is 11.8 Å². The Hall–Kier alpha value is -4.62. The van der Waals surface area contributed by atoms with Crippen LogP contribution >= 0.6 is 11.8 Å². The van der Waals surface area contributed by atoms with Crippen LogP contribution in [0.25, 0.3) is 6.08 Å². The Labute approximate surface area is 232 Å². The maximum Gasteiger partial charge on any atom is 0.338 e. The number of carbonyl (C=O) groups excluding carboxylic acids is 3. The zero-order chi connectivity index (χ0) is 27.5. The van der Waals surface area contributed by atoms with E-state index in [2.05, 4.69) is 10.6 Å². The Morgan fingerprint density at radius 1 is 0.795 bits per heavy atom. The van der Waals surface area contributed by atoms with Gasteiger partial charge >= 0.3 is 5.97 Å². The number of amides is 2. The van der Waals surface area contributed by atoms with E-state index in [0.717, 1.165) is 16.0 Å². The maximum absolute atomic E-state index is 13.4. The predicted octanol–water partition coefficient (Wildman–Crippen LogP) is 6.99. The summed E-state index contributed by atoms with van der Waals surface area (Å²) in [7, 11) is 0. The molecule has 0 aliphatic rings. The lowest BCUT2D eigenvalue weighted by molar-refractivity contribution is -0.116. The summed E-state index contributed by atoms with van der Waals surface area (Å²) in [5.41, 5.74) is 3.39. The molecular weight excluding hydrogens is 508 g/mol. The second-order valence-corrected chi connectivity index (χ2v) is 9.64. The molecule has 2 amide bonds. The molecule has 39 heavy (non-hydrogen) atoms. The zero-order valence-corrected chi connectivity index (χ0v) is 22.2. The molecule has 0 bridgehead atoms. The molecule has 0 spiro atoms. The van der Waals surface area contributed by atoms with Crippen LogP contribution in [0.2, 0.25) is 0 Å². The molecule has 4 rings (SSSR count). The average molecular weight is 537 g/mol. The monoisotopic (exact) mass is 536 g/mol. The summed E-state index contributed by atoms with van der Waals surface area (Å²) in [5, 5.41) is 5.27. The Bertz CT molecular complexity index is 1440. The molecule has 0 fully saturated rings. The minimum Gasteiger partial charge on any atom is -0.462 e. The average Bonchev–Trinajstić information content (AvgIpc) is 2.96. The molecule has 2 N–H and O–H groups in total. The fourth-order valence-electron chi connectivity index (χ4n) is 3.72. The van der Waals surface area contributed by atoms with E-state index in [4.69, 9.17) is 4.74 Å². The predicted molar refractivity (Wildman–Crippen MR) is 157 cm³/mol. The molecule has 0 saturated carbocycles. The van der Waals surface area contributed by atoms with Crippen LogP contribution in [0.1, 0.15) is 33.7 Å². The summed E-state index contributed by atoms with van der Waals surface area (Å²) in [6.07, 6.45) is 3.24. The normalized spacial score (nSPS) is 11.5. The summed E-state index contributed by atoms with van der Waals surface area (Å²) >= 11 is 1.38. The van der Waals surface area contributed by atoms with E-state index in [1.54, 1.807) is 43.3 Å². The van der Waals surface area contributed by atoms with Crippen molar-refractivity contribution in [2.45, 2.75) is 17.1 Å². The first-order valence-corrected chi connectivity index (χ1v) is 13.3. The van der Waals surface area contributed by atoms with Crippen LogP contribution in [-0.4, -0.2) is 24.4 Å². The van der Waals surface area contributed by atoms with E-state index in [-0.39, 0.29) is 11.8 Å². The SMILES string of the molecule is CCOC(=O)c1ccc(NC(=O)C(Sc2cccc(NC(=O)/C=C/c3ccccc3)c2)c2ccccc2)cc1. The van der Waals surface area contributed by atoms with Crippen molar-refractivity contribution in [2.75, 3.05) is 17.2 Å². The number of ether oxygens (including phenoxy) is 1. The highest BCUT2D eigenvalue weighted by molar-refractivity contribution is 8.00. The molecule has 196 valence electrons. The molecule has 0 aliphatic carbocycles. The number of anilines is 2. The van der Waals surface area contributed by atoms with Gasteiger partial charge in [0.05, 0.1) is 12.2 Å². The van der Waals surface area contributed by atoms with Crippen molar-refractivity contribution in [3.8, 4) is 0 Å². The second-order valence-electron chi connectivity index (χ2n) is 8.46. The molecule has 0 heterocycles. The van der Waals surface area contributed by atoms with Gasteiger partial charge in [-0.25, -0.2) is 4.79 Å². The van der Waals surface area contributed by atoms with Gasteiger partial charge in [0.1, 0.15) is 5.25 Å². The summed E-state index contributed by atoms with van der Waals surface area (Å²) in [6, 6.07) is 33.1. The molecular formula is C32H28N2O4S. The van der Waals surface area contributed by atoms with Gasteiger partial charge < -0.3 is 15.4 Å². The van der Waals surface area contributed by atoms with Gasteiger partial charge in [-0.15, -0.1) is 11.8 Å².